The molecular formula is C37H49FN4O4. The SMILES string of the molecule is CC(=CC(=O)N(C)[C@H](Cc1ccc2ccccc2c1)C(=O)N(C)[C@H](Cc1ccc(F)cc1)C(=O)NCC(C)(C)CO)CC(C)(C)N. The fraction of sp³-hybridized carbons (Fsp3) is 0.432. The second-order valence-corrected chi connectivity index (χ2v) is 13.8. The lowest BCUT2D eigenvalue weighted by Gasteiger charge is -2.35. The van der Waals surface area contributed by atoms with Gasteiger partial charge in [-0.25, -0.2) is 4.39 Å². The first-order valence-corrected chi connectivity index (χ1v) is 15.6. The van der Waals surface area contributed by atoms with Gasteiger partial charge in [0.05, 0.1) is 0 Å². The van der Waals surface area contributed by atoms with E-state index in [0.29, 0.717) is 12.0 Å². The van der Waals surface area contributed by atoms with Crippen LogP contribution in [0, 0.1) is 11.2 Å². The number of amides is 3. The predicted octanol–water partition coefficient (Wildman–Crippen LogP) is 4.63. The maximum atomic E-state index is 14.4. The van der Waals surface area contributed by atoms with Crippen molar-refractivity contribution in [1.82, 2.24) is 15.1 Å². The minimum absolute atomic E-state index is 0.124. The van der Waals surface area contributed by atoms with Gasteiger partial charge in [0.1, 0.15) is 17.9 Å². The Morgan fingerprint density at radius 3 is 2.09 bits per heavy atom. The summed E-state index contributed by atoms with van der Waals surface area (Å²) < 4.78 is 13.7. The molecule has 0 unspecified atom stereocenters. The van der Waals surface area contributed by atoms with Gasteiger partial charge in [-0.3, -0.25) is 14.4 Å². The molecule has 3 aromatic carbocycles. The number of carbonyl (C=O) groups excluding carboxylic acids is 3. The van der Waals surface area contributed by atoms with Crippen LogP contribution < -0.4 is 11.1 Å². The highest BCUT2D eigenvalue weighted by Gasteiger charge is 2.35. The first kappa shape index (κ1) is 36.4. The van der Waals surface area contributed by atoms with Crippen molar-refractivity contribution in [2.75, 3.05) is 27.2 Å². The molecule has 3 aromatic rings. The molecule has 4 N–H and O–H groups in total. The number of hydrogen-bond acceptors (Lipinski definition) is 5. The fourth-order valence-electron chi connectivity index (χ4n) is 5.35. The van der Waals surface area contributed by atoms with E-state index >= 15 is 0 Å². The molecule has 248 valence electrons. The molecule has 46 heavy (non-hydrogen) atoms. The average Bonchev–Trinajstić information content (AvgIpc) is 3.00. The monoisotopic (exact) mass is 632 g/mol. The van der Waals surface area contributed by atoms with Crippen LogP contribution in [0.2, 0.25) is 0 Å². The summed E-state index contributed by atoms with van der Waals surface area (Å²) in [6, 6.07) is 17.7. The van der Waals surface area contributed by atoms with Gasteiger partial charge in [-0.1, -0.05) is 74.0 Å². The molecule has 0 aliphatic rings. The van der Waals surface area contributed by atoms with Gasteiger partial charge in [0.25, 0.3) is 0 Å². The number of carbonyl (C=O) groups is 3. The highest BCUT2D eigenvalue weighted by atomic mass is 19.1. The van der Waals surface area contributed by atoms with Crippen molar-refractivity contribution in [2.45, 2.75) is 71.5 Å². The van der Waals surface area contributed by atoms with Crippen molar-refractivity contribution >= 4 is 28.5 Å². The summed E-state index contributed by atoms with van der Waals surface area (Å²) >= 11 is 0. The number of fused-ring (bicyclic) bond motifs is 1. The molecule has 0 saturated heterocycles. The number of nitrogens with one attached hydrogen (secondary N) is 1. The molecule has 3 amide bonds. The second kappa shape index (κ2) is 15.5. The molecule has 0 aliphatic carbocycles. The minimum atomic E-state index is -0.967. The number of aliphatic hydroxyl groups excluding tert-OH is 1. The zero-order valence-electron chi connectivity index (χ0n) is 28.1. The van der Waals surface area contributed by atoms with E-state index in [0.717, 1.165) is 21.9 Å². The van der Waals surface area contributed by atoms with Crippen LogP contribution in [0.1, 0.15) is 52.2 Å². The van der Waals surface area contributed by atoms with Crippen LogP contribution in [-0.2, 0) is 27.2 Å². The lowest BCUT2D eigenvalue weighted by Crippen LogP contribution is -2.56. The first-order valence-electron chi connectivity index (χ1n) is 15.6. The number of halogens is 1. The van der Waals surface area contributed by atoms with Crippen LogP contribution in [0.5, 0.6) is 0 Å². The Bertz CT molecular complexity index is 1540. The van der Waals surface area contributed by atoms with Gasteiger partial charge in [0.2, 0.25) is 17.7 Å². The third-order valence-corrected chi connectivity index (χ3v) is 8.08. The highest BCUT2D eigenvalue weighted by molar-refractivity contribution is 5.95. The summed E-state index contributed by atoms with van der Waals surface area (Å²) in [6.07, 6.45) is 2.35. The molecule has 2 atom stereocenters. The summed E-state index contributed by atoms with van der Waals surface area (Å²) in [5.74, 6) is -1.59. The maximum absolute atomic E-state index is 14.4. The Kier molecular flexibility index (Phi) is 12.2. The molecule has 0 heterocycles. The maximum Gasteiger partial charge on any atom is 0.246 e. The lowest BCUT2D eigenvalue weighted by atomic mass is 9.94. The number of aliphatic hydroxyl groups is 1. The van der Waals surface area contributed by atoms with Gasteiger partial charge < -0.3 is 26.0 Å². The summed E-state index contributed by atoms with van der Waals surface area (Å²) in [5.41, 5.74) is 7.41. The molecular weight excluding hydrogens is 583 g/mol. The van der Waals surface area contributed by atoms with Gasteiger partial charge in [0, 0.05) is 57.1 Å². The van der Waals surface area contributed by atoms with E-state index in [2.05, 4.69) is 5.32 Å². The van der Waals surface area contributed by atoms with Crippen molar-refractivity contribution in [2.24, 2.45) is 11.1 Å². The molecule has 0 bridgehead atoms. The number of likely N-dealkylation sites (N-methyl/N-ethyl adjacent to an activating group) is 2. The van der Waals surface area contributed by atoms with Crippen molar-refractivity contribution in [3.05, 3.63) is 95.3 Å². The number of rotatable bonds is 14. The summed E-state index contributed by atoms with van der Waals surface area (Å²) in [5, 5.41) is 14.7. The molecule has 0 spiro atoms. The fourth-order valence-corrected chi connectivity index (χ4v) is 5.35. The van der Waals surface area contributed by atoms with Crippen molar-refractivity contribution in [1.29, 1.82) is 0 Å². The zero-order chi connectivity index (χ0) is 34.2. The molecule has 3 rings (SSSR count). The number of nitrogens with two attached hydrogens (primary N) is 1. The van der Waals surface area contributed by atoms with Gasteiger partial charge in [-0.15, -0.1) is 0 Å². The molecule has 0 aliphatic heterocycles. The van der Waals surface area contributed by atoms with E-state index in [9.17, 15) is 23.9 Å². The zero-order valence-corrected chi connectivity index (χ0v) is 28.1. The predicted molar refractivity (Wildman–Crippen MR) is 181 cm³/mol. The van der Waals surface area contributed by atoms with Gasteiger partial charge in [0.15, 0.2) is 0 Å². The Morgan fingerprint density at radius 2 is 1.48 bits per heavy atom. The molecule has 0 aromatic heterocycles. The Balaban J connectivity index is 2.00. The lowest BCUT2D eigenvalue weighted by molar-refractivity contribution is -0.146. The smallest absolute Gasteiger partial charge is 0.246 e. The van der Waals surface area contributed by atoms with Crippen molar-refractivity contribution in [3.63, 3.8) is 0 Å². The summed E-state index contributed by atoms with van der Waals surface area (Å²) in [6.45, 7) is 9.28. The van der Waals surface area contributed by atoms with E-state index in [1.54, 1.807) is 26.2 Å². The molecule has 0 radical (unpaired) electrons. The number of benzene rings is 3. The summed E-state index contributed by atoms with van der Waals surface area (Å²) in [7, 11) is 3.15. The van der Waals surface area contributed by atoms with E-state index in [1.165, 1.54) is 28.0 Å². The van der Waals surface area contributed by atoms with Crippen LogP contribution in [-0.4, -0.2) is 77.5 Å². The number of nitrogens with zero attached hydrogens (tertiary/aromatic N) is 2. The quantitative estimate of drug-likeness (QED) is 0.224. The molecule has 0 saturated carbocycles. The molecule has 0 fully saturated rings. The van der Waals surface area contributed by atoms with Crippen LogP contribution in [0.4, 0.5) is 4.39 Å². The van der Waals surface area contributed by atoms with Crippen LogP contribution >= 0.6 is 0 Å². The third kappa shape index (κ3) is 10.5. The Hall–Kier alpha value is -4.08. The second-order valence-electron chi connectivity index (χ2n) is 13.8. The van der Waals surface area contributed by atoms with Crippen LogP contribution in [0.15, 0.2) is 78.4 Å². The standard InChI is InChI=1S/C37H49FN4O4/c1-25(22-37(4,5)39)18-33(44)41(6)32(21-27-12-15-28-10-8-9-11-29(28)19-27)35(46)42(7)31(20-26-13-16-30(38)17-14-26)34(45)40-23-36(2,3)24-43/h8-19,31-32,43H,20-24,39H2,1-7H3,(H,40,45)/t31-,32-/m1/s1. The van der Waals surface area contributed by atoms with Crippen molar-refractivity contribution < 1.29 is 23.9 Å². The first-order chi connectivity index (χ1) is 21.5. The van der Waals surface area contributed by atoms with E-state index in [-0.39, 0.29) is 31.9 Å². The topological polar surface area (TPSA) is 116 Å². The van der Waals surface area contributed by atoms with Crippen LogP contribution in [0.25, 0.3) is 10.8 Å². The van der Waals surface area contributed by atoms with Crippen LogP contribution in [0.3, 0.4) is 0 Å². The highest BCUT2D eigenvalue weighted by Crippen LogP contribution is 2.21. The normalized spacial score (nSPS) is 13.7. The largest absolute Gasteiger partial charge is 0.396 e. The van der Waals surface area contributed by atoms with E-state index in [1.807, 2.05) is 77.1 Å². The van der Waals surface area contributed by atoms with E-state index in [4.69, 9.17) is 5.73 Å². The third-order valence-electron chi connectivity index (χ3n) is 8.08. The summed E-state index contributed by atoms with van der Waals surface area (Å²) in [4.78, 5) is 44.5. The average molecular weight is 633 g/mol. The minimum Gasteiger partial charge on any atom is -0.396 e. The van der Waals surface area contributed by atoms with Gasteiger partial charge >= 0.3 is 0 Å². The van der Waals surface area contributed by atoms with Gasteiger partial charge in [-0.05, 0) is 61.2 Å². The Morgan fingerprint density at radius 1 is 0.891 bits per heavy atom. The molecule has 8 nitrogen and oxygen atoms in total. The molecule has 9 heteroatoms. The van der Waals surface area contributed by atoms with Crippen molar-refractivity contribution in [3.8, 4) is 0 Å². The van der Waals surface area contributed by atoms with Gasteiger partial charge in [-0.2, -0.15) is 0 Å². The van der Waals surface area contributed by atoms with E-state index < -0.39 is 40.7 Å². The Labute approximate surface area is 272 Å². The number of hydrogen-bond donors (Lipinski definition) is 3.